The Labute approximate surface area is 182 Å². The van der Waals surface area contributed by atoms with Crippen molar-refractivity contribution in [2.24, 2.45) is 4.99 Å². The van der Waals surface area contributed by atoms with Gasteiger partial charge in [0, 0.05) is 62.9 Å². The number of thiophene rings is 1. The van der Waals surface area contributed by atoms with Crippen LogP contribution in [-0.4, -0.2) is 61.2 Å². The topological polar surface area (TPSA) is 55.8 Å². The molecule has 2 aliphatic rings. The molecule has 0 bridgehead atoms. The second kappa shape index (κ2) is 9.32. The van der Waals surface area contributed by atoms with Crippen molar-refractivity contribution in [1.82, 2.24) is 20.5 Å². The Morgan fingerprint density at radius 1 is 1.41 bits per heavy atom. The van der Waals surface area contributed by atoms with Crippen LogP contribution in [0.5, 0.6) is 0 Å². The molecule has 156 valence electrons. The van der Waals surface area contributed by atoms with Crippen molar-refractivity contribution in [2.45, 2.75) is 38.4 Å². The second-order valence-corrected chi connectivity index (χ2v) is 9.18. The zero-order valence-electron chi connectivity index (χ0n) is 17.1. The lowest BCUT2D eigenvalue weighted by atomic mass is 10.1. The number of hydrogen-bond acceptors (Lipinski definition) is 5. The van der Waals surface area contributed by atoms with Crippen LogP contribution in [0.4, 0.5) is 5.82 Å². The van der Waals surface area contributed by atoms with E-state index in [2.05, 4.69) is 48.8 Å². The Morgan fingerprint density at radius 3 is 3.14 bits per heavy atom. The minimum atomic E-state index is 0.331. The number of guanidine groups is 1. The molecule has 8 heteroatoms. The van der Waals surface area contributed by atoms with Gasteiger partial charge in [-0.05, 0) is 48.9 Å². The lowest BCUT2D eigenvalue weighted by Crippen LogP contribution is -2.49. The molecule has 1 fully saturated rings. The molecule has 0 saturated carbocycles. The molecule has 2 aliphatic heterocycles. The summed E-state index contributed by atoms with van der Waals surface area (Å²) in [6.45, 7) is 7.17. The predicted molar refractivity (Wildman–Crippen MR) is 122 cm³/mol. The molecule has 6 nitrogen and oxygen atoms in total. The largest absolute Gasteiger partial charge is 0.355 e. The van der Waals surface area contributed by atoms with Crippen LogP contribution < -0.4 is 15.5 Å². The Kier molecular flexibility index (Phi) is 6.57. The van der Waals surface area contributed by atoms with Gasteiger partial charge in [0.2, 0.25) is 0 Å². The Balaban J connectivity index is 1.25. The molecule has 2 unspecified atom stereocenters. The molecule has 2 aromatic heterocycles. The van der Waals surface area contributed by atoms with Crippen LogP contribution in [0.2, 0.25) is 5.02 Å². The first-order chi connectivity index (χ1) is 14.1. The van der Waals surface area contributed by atoms with E-state index in [4.69, 9.17) is 11.6 Å². The van der Waals surface area contributed by atoms with Gasteiger partial charge in [0.1, 0.15) is 5.82 Å². The van der Waals surface area contributed by atoms with E-state index < -0.39 is 0 Å². The average molecular weight is 433 g/mol. The summed E-state index contributed by atoms with van der Waals surface area (Å²) in [5.74, 6) is 1.73. The van der Waals surface area contributed by atoms with Gasteiger partial charge in [0.25, 0.3) is 0 Å². The van der Waals surface area contributed by atoms with Gasteiger partial charge < -0.3 is 15.5 Å². The van der Waals surface area contributed by atoms with Crippen LogP contribution in [0.3, 0.4) is 0 Å². The molecule has 0 spiro atoms. The molecule has 2 atom stereocenters. The van der Waals surface area contributed by atoms with Gasteiger partial charge in [-0.25, -0.2) is 4.98 Å². The van der Waals surface area contributed by atoms with Gasteiger partial charge >= 0.3 is 0 Å². The third-order valence-electron chi connectivity index (χ3n) is 5.82. The van der Waals surface area contributed by atoms with Gasteiger partial charge in [0.15, 0.2) is 5.96 Å². The maximum Gasteiger partial charge on any atom is 0.191 e. The highest BCUT2D eigenvalue weighted by Crippen LogP contribution is 2.26. The number of anilines is 1. The second-order valence-electron chi connectivity index (χ2n) is 7.78. The number of halogens is 1. The van der Waals surface area contributed by atoms with E-state index in [9.17, 15) is 0 Å². The summed E-state index contributed by atoms with van der Waals surface area (Å²) in [6.07, 6.45) is 4.00. The van der Waals surface area contributed by atoms with E-state index in [0.29, 0.717) is 17.1 Å². The fraction of sp³-hybridized carbons (Fsp3) is 0.524. The van der Waals surface area contributed by atoms with Crippen molar-refractivity contribution in [3.05, 3.63) is 45.2 Å². The van der Waals surface area contributed by atoms with Crippen LogP contribution in [0.25, 0.3) is 0 Å². The van der Waals surface area contributed by atoms with Gasteiger partial charge in [-0.3, -0.25) is 9.89 Å². The van der Waals surface area contributed by atoms with Gasteiger partial charge in [0.05, 0.1) is 5.02 Å². The lowest BCUT2D eigenvalue weighted by molar-refractivity contribution is 0.192. The molecule has 0 aromatic carbocycles. The van der Waals surface area contributed by atoms with E-state index in [1.165, 1.54) is 5.56 Å². The highest BCUT2D eigenvalue weighted by atomic mass is 35.5. The first kappa shape index (κ1) is 20.4. The normalized spacial score (nSPS) is 21.1. The zero-order chi connectivity index (χ0) is 20.2. The number of nitrogens with zero attached hydrogens (tertiary/aromatic N) is 4. The van der Waals surface area contributed by atoms with Gasteiger partial charge in [-0.1, -0.05) is 11.6 Å². The predicted octanol–water partition coefficient (Wildman–Crippen LogP) is 2.99. The van der Waals surface area contributed by atoms with Crippen LogP contribution in [0.1, 0.15) is 23.8 Å². The SMILES string of the molecule is CN=C(NCC(C)N1CCc2sccc2C1)NC1CCN(c2ncccc2Cl)C1. The summed E-state index contributed by atoms with van der Waals surface area (Å²) in [5.41, 5.74) is 1.50. The van der Waals surface area contributed by atoms with Crippen LogP contribution in [0.15, 0.2) is 34.8 Å². The highest BCUT2D eigenvalue weighted by molar-refractivity contribution is 7.10. The zero-order valence-corrected chi connectivity index (χ0v) is 18.6. The summed E-state index contributed by atoms with van der Waals surface area (Å²) in [5, 5.41) is 10.0. The number of hydrogen-bond donors (Lipinski definition) is 2. The monoisotopic (exact) mass is 432 g/mol. The molecule has 2 aromatic rings. The summed E-state index contributed by atoms with van der Waals surface area (Å²) in [7, 11) is 1.83. The maximum atomic E-state index is 6.30. The summed E-state index contributed by atoms with van der Waals surface area (Å²) in [6, 6.07) is 6.82. The molecule has 4 heterocycles. The van der Waals surface area contributed by atoms with Crippen molar-refractivity contribution in [2.75, 3.05) is 38.1 Å². The number of aliphatic imine (C=N–C) groups is 1. The van der Waals surface area contributed by atoms with Crippen molar-refractivity contribution in [3.63, 3.8) is 0 Å². The molecule has 1 saturated heterocycles. The summed E-state index contributed by atoms with van der Waals surface area (Å²) in [4.78, 5) is 15.2. The minimum Gasteiger partial charge on any atom is -0.355 e. The summed E-state index contributed by atoms with van der Waals surface area (Å²) >= 11 is 8.19. The molecule has 4 rings (SSSR count). The number of pyridine rings is 1. The van der Waals surface area contributed by atoms with Gasteiger partial charge in [-0.15, -0.1) is 11.3 Å². The smallest absolute Gasteiger partial charge is 0.191 e. The number of rotatable bonds is 5. The Bertz CT molecular complexity index is 853. The third-order valence-corrected chi connectivity index (χ3v) is 7.13. The van der Waals surface area contributed by atoms with Gasteiger partial charge in [-0.2, -0.15) is 0 Å². The van der Waals surface area contributed by atoms with E-state index in [1.807, 2.05) is 30.5 Å². The van der Waals surface area contributed by atoms with Crippen LogP contribution in [-0.2, 0) is 13.0 Å². The van der Waals surface area contributed by atoms with Crippen molar-refractivity contribution in [3.8, 4) is 0 Å². The third kappa shape index (κ3) is 4.85. The molecule has 29 heavy (non-hydrogen) atoms. The molecule has 0 aliphatic carbocycles. The number of nitrogens with one attached hydrogen (secondary N) is 2. The van der Waals surface area contributed by atoms with Crippen LogP contribution in [0, 0.1) is 0 Å². The van der Waals surface area contributed by atoms with Crippen LogP contribution >= 0.6 is 22.9 Å². The highest BCUT2D eigenvalue weighted by Gasteiger charge is 2.26. The maximum absolute atomic E-state index is 6.30. The van der Waals surface area contributed by atoms with E-state index in [1.54, 1.807) is 11.1 Å². The molecular formula is C21H29ClN6S. The quantitative estimate of drug-likeness (QED) is 0.562. The molecule has 0 radical (unpaired) electrons. The fourth-order valence-corrected chi connectivity index (χ4v) is 5.22. The fourth-order valence-electron chi connectivity index (χ4n) is 4.09. The standard InChI is InChI=1S/C21H29ClN6S/c1-15(27-10-6-19-16(13-27)7-11-29-19)12-25-21(23-2)26-17-5-9-28(14-17)20-18(22)4-3-8-24-20/h3-4,7-8,11,15,17H,5-6,9-10,12-14H2,1-2H3,(H2,23,25,26). The lowest BCUT2D eigenvalue weighted by Gasteiger charge is -2.33. The van der Waals surface area contributed by atoms with E-state index >= 15 is 0 Å². The van der Waals surface area contributed by atoms with Crippen molar-refractivity contribution < 1.29 is 0 Å². The minimum absolute atomic E-state index is 0.331. The summed E-state index contributed by atoms with van der Waals surface area (Å²) < 4.78 is 0. The van der Waals surface area contributed by atoms with Crippen molar-refractivity contribution in [1.29, 1.82) is 0 Å². The number of fused-ring (bicyclic) bond motifs is 1. The molecule has 0 amide bonds. The first-order valence-corrected chi connectivity index (χ1v) is 11.5. The average Bonchev–Trinajstić information content (AvgIpc) is 3.40. The van der Waals surface area contributed by atoms with Crippen molar-refractivity contribution >= 4 is 34.7 Å². The Hall–Kier alpha value is -1.83. The first-order valence-electron chi connectivity index (χ1n) is 10.3. The Morgan fingerprint density at radius 2 is 2.31 bits per heavy atom. The van der Waals surface area contributed by atoms with E-state index in [0.717, 1.165) is 57.3 Å². The number of aromatic nitrogens is 1. The van der Waals surface area contributed by atoms with E-state index in [-0.39, 0.29) is 0 Å². The molecule has 2 N–H and O–H groups in total. The molecular weight excluding hydrogens is 404 g/mol.